The minimum absolute atomic E-state index is 0.792. The lowest BCUT2D eigenvalue weighted by Gasteiger charge is -2.16. The maximum Gasteiger partial charge on any atom is 0.130 e. The molecule has 0 fully saturated rings. The summed E-state index contributed by atoms with van der Waals surface area (Å²) in [6.07, 6.45) is 9.81. The Balaban J connectivity index is 2.07. The summed E-state index contributed by atoms with van der Waals surface area (Å²) in [7, 11) is 0. The van der Waals surface area contributed by atoms with Crippen LogP contribution in [0.1, 0.15) is 70.8 Å². The molecule has 0 atom stereocenters. The van der Waals surface area contributed by atoms with E-state index in [1.165, 1.54) is 43.9 Å². The number of ether oxygens (including phenoxy) is 2. The van der Waals surface area contributed by atoms with Crippen LogP contribution in [0.3, 0.4) is 0 Å². The fraction of sp³-hybridized carbons (Fsp3) is 0.565. The Morgan fingerprint density at radius 1 is 0.720 bits per heavy atom. The Morgan fingerprint density at radius 2 is 1.32 bits per heavy atom. The van der Waals surface area contributed by atoms with Gasteiger partial charge in [-0.25, -0.2) is 0 Å². The first-order valence-electron chi connectivity index (χ1n) is 10.1. The van der Waals surface area contributed by atoms with Crippen molar-refractivity contribution in [3.63, 3.8) is 0 Å². The van der Waals surface area contributed by atoms with Crippen LogP contribution in [0.15, 0.2) is 30.3 Å². The number of fused-ring (bicyclic) bond motifs is 1. The zero-order valence-electron chi connectivity index (χ0n) is 16.3. The Hall–Kier alpha value is -1.70. The minimum Gasteiger partial charge on any atom is -0.493 e. The Labute approximate surface area is 153 Å². The Kier molecular flexibility index (Phi) is 8.65. The summed E-state index contributed by atoms with van der Waals surface area (Å²) in [5.41, 5.74) is 1.16. The van der Waals surface area contributed by atoms with Crippen LogP contribution < -0.4 is 9.47 Å². The van der Waals surface area contributed by atoms with E-state index in [9.17, 15) is 0 Å². The molecule has 0 saturated heterocycles. The van der Waals surface area contributed by atoms with E-state index in [2.05, 4.69) is 51.1 Å². The average molecular weight is 343 g/mol. The van der Waals surface area contributed by atoms with E-state index >= 15 is 0 Å². The molecule has 2 aromatic rings. The lowest BCUT2D eigenvalue weighted by atomic mass is 10.0. The van der Waals surface area contributed by atoms with Gasteiger partial charge >= 0.3 is 0 Å². The van der Waals surface area contributed by atoms with Crippen molar-refractivity contribution in [2.24, 2.45) is 0 Å². The summed E-state index contributed by atoms with van der Waals surface area (Å²) < 4.78 is 12.3. The quantitative estimate of drug-likeness (QED) is 0.384. The van der Waals surface area contributed by atoms with Crippen LogP contribution in [-0.4, -0.2) is 13.2 Å². The molecule has 2 nitrogen and oxygen atoms in total. The minimum atomic E-state index is 0.792. The molecule has 0 aliphatic rings. The van der Waals surface area contributed by atoms with Crippen molar-refractivity contribution in [1.29, 1.82) is 0 Å². The van der Waals surface area contributed by atoms with Crippen molar-refractivity contribution in [1.82, 2.24) is 0 Å². The number of aryl methyl sites for hydroxylation is 1. The Bertz CT molecular complexity index is 633. The summed E-state index contributed by atoms with van der Waals surface area (Å²) in [5.74, 6) is 2.01. The summed E-state index contributed by atoms with van der Waals surface area (Å²) in [4.78, 5) is 0. The third kappa shape index (κ3) is 5.95. The molecule has 0 spiro atoms. The van der Waals surface area contributed by atoms with Gasteiger partial charge in [0.2, 0.25) is 0 Å². The molecule has 0 saturated carbocycles. The Morgan fingerprint density at radius 3 is 1.96 bits per heavy atom. The largest absolute Gasteiger partial charge is 0.493 e. The molecule has 2 rings (SSSR count). The van der Waals surface area contributed by atoms with E-state index in [-0.39, 0.29) is 0 Å². The van der Waals surface area contributed by atoms with Crippen LogP contribution in [-0.2, 0) is 0 Å². The third-order valence-electron chi connectivity index (χ3n) is 4.64. The molecule has 0 radical (unpaired) electrons. The molecule has 0 bridgehead atoms. The molecule has 0 aliphatic carbocycles. The maximum atomic E-state index is 6.15. The SMILES string of the molecule is CCCCCCOc1cc(C)c(OCCCCCC)c2ccccc12. The molecular weight excluding hydrogens is 308 g/mol. The van der Waals surface area contributed by atoms with Gasteiger partial charge in [-0.2, -0.15) is 0 Å². The van der Waals surface area contributed by atoms with Gasteiger partial charge < -0.3 is 9.47 Å². The molecule has 0 aromatic heterocycles. The van der Waals surface area contributed by atoms with E-state index in [1.807, 2.05) is 0 Å². The van der Waals surface area contributed by atoms with Gasteiger partial charge in [-0.15, -0.1) is 0 Å². The highest BCUT2D eigenvalue weighted by molar-refractivity contribution is 5.94. The predicted octanol–water partition coefficient (Wildman–Crippen LogP) is 7.07. The number of benzene rings is 2. The highest BCUT2D eigenvalue weighted by Crippen LogP contribution is 2.36. The van der Waals surface area contributed by atoms with Gasteiger partial charge in [-0.3, -0.25) is 0 Å². The van der Waals surface area contributed by atoms with Gasteiger partial charge in [0.1, 0.15) is 11.5 Å². The van der Waals surface area contributed by atoms with Crippen LogP contribution >= 0.6 is 0 Å². The lowest BCUT2D eigenvalue weighted by molar-refractivity contribution is 0.300. The number of hydrogen-bond donors (Lipinski definition) is 0. The molecule has 0 unspecified atom stereocenters. The normalized spacial score (nSPS) is 11.0. The number of hydrogen-bond acceptors (Lipinski definition) is 2. The van der Waals surface area contributed by atoms with E-state index < -0.39 is 0 Å². The second kappa shape index (κ2) is 11.0. The molecule has 2 heteroatoms. The second-order valence-electron chi connectivity index (χ2n) is 6.88. The molecular formula is C23H34O2. The molecule has 0 heterocycles. The average Bonchev–Trinajstić information content (AvgIpc) is 2.63. The van der Waals surface area contributed by atoms with Crippen molar-refractivity contribution < 1.29 is 9.47 Å². The number of rotatable bonds is 12. The van der Waals surface area contributed by atoms with E-state index in [0.717, 1.165) is 48.5 Å². The van der Waals surface area contributed by atoms with E-state index in [4.69, 9.17) is 9.47 Å². The summed E-state index contributed by atoms with van der Waals surface area (Å²) >= 11 is 0. The van der Waals surface area contributed by atoms with Crippen molar-refractivity contribution in [3.05, 3.63) is 35.9 Å². The molecule has 0 aliphatic heterocycles. The lowest BCUT2D eigenvalue weighted by Crippen LogP contribution is -2.02. The van der Waals surface area contributed by atoms with Crippen LogP contribution in [0.4, 0.5) is 0 Å². The van der Waals surface area contributed by atoms with Crippen LogP contribution in [0.2, 0.25) is 0 Å². The van der Waals surface area contributed by atoms with Gasteiger partial charge in [-0.05, 0) is 31.4 Å². The summed E-state index contributed by atoms with van der Waals surface area (Å²) in [6.45, 7) is 8.18. The second-order valence-corrected chi connectivity index (χ2v) is 6.88. The highest BCUT2D eigenvalue weighted by Gasteiger charge is 2.11. The first kappa shape index (κ1) is 19.6. The van der Waals surface area contributed by atoms with Crippen LogP contribution in [0.25, 0.3) is 10.8 Å². The maximum absolute atomic E-state index is 6.15. The van der Waals surface area contributed by atoms with Crippen molar-refractivity contribution in [3.8, 4) is 11.5 Å². The monoisotopic (exact) mass is 342 g/mol. The molecule has 25 heavy (non-hydrogen) atoms. The van der Waals surface area contributed by atoms with E-state index in [1.54, 1.807) is 0 Å². The number of unbranched alkanes of at least 4 members (excludes halogenated alkanes) is 6. The van der Waals surface area contributed by atoms with Gasteiger partial charge in [0.15, 0.2) is 0 Å². The fourth-order valence-electron chi connectivity index (χ4n) is 3.17. The van der Waals surface area contributed by atoms with Crippen LogP contribution in [0, 0.1) is 6.92 Å². The molecule has 2 aromatic carbocycles. The third-order valence-corrected chi connectivity index (χ3v) is 4.64. The molecule has 138 valence electrons. The van der Waals surface area contributed by atoms with Gasteiger partial charge in [0.25, 0.3) is 0 Å². The zero-order valence-corrected chi connectivity index (χ0v) is 16.3. The standard InChI is InChI=1S/C23H34O2/c1-4-6-8-12-16-24-22-18-19(3)23(25-17-13-9-7-5-2)21-15-11-10-14-20(21)22/h10-11,14-15,18H,4-9,12-13,16-17H2,1-3H3. The fourth-order valence-corrected chi connectivity index (χ4v) is 3.17. The zero-order chi connectivity index (χ0) is 17.9. The van der Waals surface area contributed by atoms with E-state index in [0.29, 0.717) is 0 Å². The van der Waals surface area contributed by atoms with Gasteiger partial charge in [-0.1, -0.05) is 76.6 Å². The summed E-state index contributed by atoms with van der Waals surface area (Å²) in [5, 5.41) is 2.33. The predicted molar refractivity (Wildman–Crippen MR) is 108 cm³/mol. The van der Waals surface area contributed by atoms with Crippen molar-refractivity contribution in [2.45, 2.75) is 72.1 Å². The van der Waals surface area contributed by atoms with Gasteiger partial charge in [0, 0.05) is 10.8 Å². The topological polar surface area (TPSA) is 18.5 Å². The first-order valence-corrected chi connectivity index (χ1v) is 10.1. The van der Waals surface area contributed by atoms with Crippen LogP contribution in [0.5, 0.6) is 11.5 Å². The highest BCUT2D eigenvalue weighted by atomic mass is 16.5. The summed E-state index contributed by atoms with van der Waals surface area (Å²) in [6, 6.07) is 10.6. The first-order chi connectivity index (χ1) is 12.3. The molecule has 0 N–H and O–H groups in total. The van der Waals surface area contributed by atoms with Gasteiger partial charge in [0.05, 0.1) is 13.2 Å². The smallest absolute Gasteiger partial charge is 0.130 e. The van der Waals surface area contributed by atoms with Crippen molar-refractivity contribution >= 4 is 10.8 Å². The van der Waals surface area contributed by atoms with Crippen molar-refractivity contribution in [2.75, 3.05) is 13.2 Å². The molecule has 0 amide bonds.